The predicted molar refractivity (Wildman–Crippen MR) is 99.8 cm³/mol. The lowest BCUT2D eigenvalue weighted by Gasteiger charge is -2.21. The molecule has 0 unspecified atom stereocenters. The first-order chi connectivity index (χ1) is 12.2. The topological polar surface area (TPSA) is 138 Å². The van der Waals surface area contributed by atoms with Gasteiger partial charge in [-0.2, -0.15) is 0 Å². The summed E-state index contributed by atoms with van der Waals surface area (Å²) < 4.78 is 4.75. The molecule has 0 saturated heterocycles. The van der Waals surface area contributed by atoms with Gasteiger partial charge in [-0.25, -0.2) is 9.78 Å². The van der Waals surface area contributed by atoms with E-state index < -0.39 is 11.4 Å². The van der Waals surface area contributed by atoms with Gasteiger partial charge in [-0.1, -0.05) is 35.6 Å². The molecule has 1 aromatic carbocycles. The fourth-order valence-corrected chi connectivity index (χ4v) is 3.01. The number of esters is 1. The van der Waals surface area contributed by atoms with Crippen molar-refractivity contribution in [2.45, 2.75) is 13.8 Å². The van der Waals surface area contributed by atoms with Crippen LogP contribution >= 0.6 is 11.3 Å². The molecule has 26 heavy (non-hydrogen) atoms. The third kappa shape index (κ3) is 4.17. The minimum Gasteiger partial charge on any atom is -0.477 e. The van der Waals surface area contributed by atoms with Gasteiger partial charge in [0.05, 0.1) is 18.2 Å². The molecule has 2 aromatic rings. The largest absolute Gasteiger partial charge is 0.477 e. The summed E-state index contributed by atoms with van der Waals surface area (Å²) in [5.41, 5.74) is 6.10. The van der Waals surface area contributed by atoms with Crippen molar-refractivity contribution in [1.29, 1.82) is 5.41 Å². The molecule has 0 amide bonds. The molecule has 0 bridgehead atoms. The molecule has 1 aromatic heterocycles. The average Bonchev–Trinajstić information content (AvgIpc) is 3.04. The maximum absolute atomic E-state index is 11.7. The number of rotatable bonds is 7. The number of nitrogen functional groups attached to an aromatic ring is 1. The molecule has 5 N–H and O–H groups in total. The zero-order chi connectivity index (χ0) is 19.5. The highest BCUT2D eigenvalue weighted by Gasteiger charge is 2.29. The van der Waals surface area contributed by atoms with Crippen molar-refractivity contribution in [2.75, 3.05) is 19.0 Å². The summed E-state index contributed by atoms with van der Waals surface area (Å²) in [6.45, 7) is 3.69. The van der Waals surface area contributed by atoms with Crippen molar-refractivity contribution >= 4 is 34.2 Å². The van der Waals surface area contributed by atoms with Crippen molar-refractivity contribution in [1.82, 2.24) is 4.98 Å². The smallest absolute Gasteiger partial charge is 0.348 e. The highest BCUT2D eigenvalue weighted by atomic mass is 32.1. The number of amidine groups is 1. The van der Waals surface area contributed by atoms with Crippen LogP contribution in [0.1, 0.15) is 29.1 Å². The van der Waals surface area contributed by atoms with Gasteiger partial charge >= 0.3 is 11.9 Å². The van der Waals surface area contributed by atoms with Crippen molar-refractivity contribution in [3.8, 4) is 11.3 Å². The van der Waals surface area contributed by atoms with Gasteiger partial charge in [0.1, 0.15) is 10.7 Å². The number of hydrogen-bond donors (Lipinski definition) is 4. The molecule has 0 atom stereocenters. The van der Waals surface area contributed by atoms with Gasteiger partial charge in [0.25, 0.3) is 0 Å². The Balaban J connectivity index is 2.29. The van der Waals surface area contributed by atoms with Crippen LogP contribution in [-0.2, 0) is 9.53 Å². The molecule has 0 fully saturated rings. The standard InChI is InChI=1S/C17H20N4O4S/c1-17(2,15(24)25-3)8-20-16-21-11(12(26-16)14(22)23)9-4-6-10(7-5-9)13(18)19/h4-7H,8H2,1-3H3,(H3,18,19)(H,20,21)(H,22,23). The van der Waals surface area contributed by atoms with Crippen LogP contribution in [0.2, 0.25) is 0 Å². The lowest BCUT2D eigenvalue weighted by molar-refractivity contribution is -0.149. The Labute approximate surface area is 154 Å². The van der Waals surface area contributed by atoms with Crippen LogP contribution in [0, 0.1) is 10.8 Å². The molecular formula is C17H20N4O4S. The summed E-state index contributed by atoms with van der Waals surface area (Å²) in [6, 6.07) is 6.60. The van der Waals surface area contributed by atoms with Gasteiger partial charge in [-0.3, -0.25) is 10.2 Å². The quantitative estimate of drug-likeness (QED) is 0.330. The van der Waals surface area contributed by atoms with Crippen LogP contribution in [0.4, 0.5) is 5.13 Å². The van der Waals surface area contributed by atoms with E-state index in [9.17, 15) is 14.7 Å². The number of carbonyl (C=O) groups excluding carboxylic acids is 1. The Morgan fingerprint density at radius 3 is 2.46 bits per heavy atom. The maximum atomic E-state index is 11.7. The third-order valence-corrected chi connectivity index (χ3v) is 4.71. The molecular weight excluding hydrogens is 356 g/mol. The lowest BCUT2D eigenvalue weighted by atomic mass is 9.94. The first-order valence-electron chi connectivity index (χ1n) is 7.67. The first-order valence-corrected chi connectivity index (χ1v) is 8.48. The number of aromatic nitrogens is 1. The fraction of sp³-hybridized carbons (Fsp3) is 0.294. The summed E-state index contributed by atoms with van der Waals surface area (Å²) in [7, 11) is 1.32. The molecule has 0 saturated carbocycles. The molecule has 0 aliphatic heterocycles. The summed E-state index contributed by atoms with van der Waals surface area (Å²) in [5, 5.41) is 20.3. The van der Waals surface area contributed by atoms with Crippen molar-refractivity contribution < 1.29 is 19.4 Å². The van der Waals surface area contributed by atoms with Gasteiger partial charge in [-0.15, -0.1) is 0 Å². The summed E-state index contributed by atoms with van der Waals surface area (Å²) in [5.74, 6) is -1.53. The molecule has 0 aliphatic rings. The molecule has 8 nitrogen and oxygen atoms in total. The second-order valence-corrected chi connectivity index (χ2v) is 7.22. The fourth-order valence-electron chi connectivity index (χ4n) is 2.19. The molecule has 9 heteroatoms. The summed E-state index contributed by atoms with van der Waals surface area (Å²) >= 11 is 0.992. The highest BCUT2D eigenvalue weighted by molar-refractivity contribution is 7.17. The SMILES string of the molecule is COC(=O)C(C)(C)CNc1nc(-c2ccc(C(=N)N)cc2)c(C(=O)O)s1. The van der Waals surface area contributed by atoms with E-state index in [4.69, 9.17) is 15.9 Å². The van der Waals surface area contributed by atoms with E-state index in [2.05, 4.69) is 10.3 Å². The Morgan fingerprint density at radius 1 is 1.35 bits per heavy atom. The summed E-state index contributed by atoms with van der Waals surface area (Å²) in [6.07, 6.45) is 0. The number of nitrogens with two attached hydrogens (primary N) is 1. The van der Waals surface area contributed by atoms with Crippen LogP contribution in [0.3, 0.4) is 0 Å². The van der Waals surface area contributed by atoms with E-state index in [1.807, 2.05) is 0 Å². The van der Waals surface area contributed by atoms with E-state index in [0.717, 1.165) is 11.3 Å². The number of methoxy groups -OCH3 is 1. The van der Waals surface area contributed by atoms with Gasteiger partial charge in [0, 0.05) is 17.7 Å². The van der Waals surface area contributed by atoms with Gasteiger partial charge < -0.3 is 20.9 Å². The number of benzene rings is 1. The number of aromatic carboxylic acids is 1. The van der Waals surface area contributed by atoms with Gasteiger partial charge in [0.15, 0.2) is 5.13 Å². The average molecular weight is 376 g/mol. The van der Waals surface area contributed by atoms with E-state index in [1.54, 1.807) is 38.1 Å². The number of ether oxygens (including phenoxy) is 1. The van der Waals surface area contributed by atoms with E-state index in [0.29, 0.717) is 22.0 Å². The number of anilines is 1. The van der Waals surface area contributed by atoms with Crippen molar-refractivity contribution in [3.63, 3.8) is 0 Å². The van der Waals surface area contributed by atoms with Crippen LogP contribution in [0.15, 0.2) is 24.3 Å². The predicted octanol–water partition coefficient (Wildman–Crippen LogP) is 2.40. The van der Waals surface area contributed by atoms with E-state index in [1.165, 1.54) is 7.11 Å². The number of nitrogens with zero attached hydrogens (tertiary/aromatic N) is 1. The normalized spacial score (nSPS) is 11.0. The van der Waals surface area contributed by atoms with Crippen LogP contribution < -0.4 is 11.1 Å². The number of carboxylic acids is 1. The molecule has 2 rings (SSSR count). The zero-order valence-corrected chi connectivity index (χ0v) is 15.4. The first kappa shape index (κ1) is 19.4. The molecule has 138 valence electrons. The maximum Gasteiger partial charge on any atom is 0.348 e. The van der Waals surface area contributed by atoms with E-state index in [-0.39, 0.29) is 23.2 Å². The lowest BCUT2D eigenvalue weighted by Crippen LogP contribution is -2.33. The van der Waals surface area contributed by atoms with Crippen molar-refractivity contribution in [2.24, 2.45) is 11.1 Å². The number of thiazole rings is 1. The zero-order valence-electron chi connectivity index (χ0n) is 14.6. The minimum absolute atomic E-state index is 0.0688. The molecule has 0 radical (unpaired) electrons. The molecule has 0 aliphatic carbocycles. The Hall–Kier alpha value is -2.94. The number of hydrogen-bond acceptors (Lipinski definition) is 7. The highest BCUT2D eigenvalue weighted by Crippen LogP contribution is 2.32. The van der Waals surface area contributed by atoms with Crippen molar-refractivity contribution in [3.05, 3.63) is 34.7 Å². The number of carbonyl (C=O) groups is 2. The van der Waals surface area contributed by atoms with Crippen LogP contribution in [0.25, 0.3) is 11.3 Å². The summed E-state index contributed by atoms with van der Waals surface area (Å²) in [4.78, 5) is 27.7. The van der Waals surface area contributed by atoms with Gasteiger partial charge in [0.2, 0.25) is 0 Å². The van der Waals surface area contributed by atoms with Crippen LogP contribution in [0.5, 0.6) is 0 Å². The second kappa shape index (κ2) is 7.52. The van der Waals surface area contributed by atoms with Crippen LogP contribution in [-0.4, -0.2) is 41.5 Å². The Bertz CT molecular complexity index is 843. The Morgan fingerprint density at radius 2 is 1.96 bits per heavy atom. The molecule has 0 spiro atoms. The number of nitrogens with one attached hydrogen (secondary N) is 2. The van der Waals surface area contributed by atoms with E-state index >= 15 is 0 Å². The third-order valence-electron chi connectivity index (χ3n) is 3.71. The minimum atomic E-state index is -1.09. The molecule has 1 heterocycles. The second-order valence-electron chi connectivity index (χ2n) is 6.22. The Kier molecular flexibility index (Phi) is 5.61. The van der Waals surface area contributed by atoms with Gasteiger partial charge in [-0.05, 0) is 13.8 Å². The monoisotopic (exact) mass is 376 g/mol. The number of carboxylic acid groups (broad SMARTS) is 1.